The average molecular weight is 341 g/mol. The highest BCUT2D eigenvalue weighted by Crippen LogP contribution is 2.28. The first kappa shape index (κ1) is 19.2. The first-order chi connectivity index (χ1) is 11.0. The molecule has 0 fully saturated rings. The van der Waals surface area contributed by atoms with Crippen LogP contribution >= 0.6 is 11.8 Å². The van der Waals surface area contributed by atoms with Gasteiger partial charge in [0.1, 0.15) is 6.04 Å². The zero-order valence-electron chi connectivity index (χ0n) is 13.6. The molecule has 6 nitrogen and oxygen atoms in total. The number of carboxylic acids is 1. The Hall–Kier alpha value is -1.89. The van der Waals surface area contributed by atoms with Crippen LogP contribution in [0.5, 0.6) is 11.5 Å². The lowest BCUT2D eigenvalue weighted by Crippen LogP contribution is -2.41. The Morgan fingerprint density at radius 3 is 2.43 bits per heavy atom. The Bertz CT molecular complexity index is 535. The second kappa shape index (κ2) is 9.99. The lowest BCUT2D eigenvalue weighted by Gasteiger charge is -2.15. The molecule has 1 aromatic carbocycles. The van der Waals surface area contributed by atoms with Crippen molar-refractivity contribution in [1.82, 2.24) is 5.32 Å². The van der Waals surface area contributed by atoms with Crippen molar-refractivity contribution in [1.29, 1.82) is 0 Å². The van der Waals surface area contributed by atoms with E-state index in [-0.39, 0.29) is 0 Å². The van der Waals surface area contributed by atoms with E-state index in [1.165, 1.54) is 11.8 Å². The average Bonchev–Trinajstić information content (AvgIpc) is 2.53. The summed E-state index contributed by atoms with van der Waals surface area (Å²) in [5.74, 6) is 0.206. The maximum atomic E-state index is 12.3. The maximum Gasteiger partial charge on any atom is 0.326 e. The van der Waals surface area contributed by atoms with E-state index >= 15 is 0 Å². The Morgan fingerprint density at radius 2 is 1.87 bits per heavy atom. The molecule has 0 radical (unpaired) electrons. The first-order valence-corrected chi connectivity index (χ1v) is 8.85. The highest BCUT2D eigenvalue weighted by molar-refractivity contribution is 7.98. The monoisotopic (exact) mass is 341 g/mol. The number of nitrogens with one attached hydrogen (secondary N) is 1. The summed E-state index contributed by atoms with van der Waals surface area (Å²) in [6.07, 6.45) is 2.26. The van der Waals surface area contributed by atoms with Crippen molar-refractivity contribution >= 4 is 23.6 Å². The fraction of sp³-hybridized carbons (Fsp3) is 0.500. The smallest absolute Gasteiger partial charge is 0.326 e. The van der Waals surface area contributed by atoms with E-state index in [9.17, 15) is 14.7 Å². The summed E-state index contributed by atoms with van der Waals surface area (Å²) in [6.45, 7) is 4.63. The molecule has 23 heavy (non-hydrogen) atoms. The summed E-state index contributed by atoms with van der Waals surface area (Å²) in [6, 6.07) is 3.91. The van der Waals surface area contributed by atoms with Crippen LogP contribution in [0.2, 0.25) is 0 Å². The van der Waals surface area contributed by atoms with Gasteiger partial charge in [-0.1, -0.05) is 0 Å². The first-order valence-electron chi connectivity index (χ1n) is 7.45. The topological polar surface area (TPSA) is 84.9 Å². The summed E-state index contributed by atoms with van der Waals surface area (Å²) in [5, 5.41) is 11.7. The summed E-state index contributed by atoms with van der Waals surface area (Å²) < 4.78 is 10.9. The molecule has 128 valence electrons. The van der Waals surface area contributed by atoms with Crippen LogP contribution in [0.3, 0.4) is 0 Å². The summed E-state index contributed by atoms with van der Waals surface area (Å²) >= 11 is 1.54. The van der Waals surface area contributed by atoms with E-state index in [4.69, 9.17) is 9.47 Å². The van der Waals surface area contributed by atoms with E-state index in [2.05, 4.69) is 5.32 Å². The van der Waals surface area contributed by atoms with Gasteiger partial charge in [0.25, 0.3) is 5.91 Å². The second-order valence-electron chi connectivity index (χ2n) is 4.67. The Balaban J connectivity index is 2.89. The Morgan fingerprint density at radius 1 is 1.22 bits per heavy atom. The molecule has 0 spiro atoms. The van der Waals surface area contributed by atoms with Gasteiger partial charge >= 0.3 is 5.97 Å². The summed E-state index contributed by atoms with van der Waals surface area (Å²) in [5.41, 5.74) is 0.340. The van der Waals surface area contributed by atoms with Crippen LogP contribution in [-0.2, 0) is 4.79 Å². The predicted molar refractivity (Wildman–Crippen MR) is 90.7 cm³/mol. The van der Waals surface area contributed by atoms with Gasteiger partial charge in [0, 0.05) is 5.56 Å². The fourth-order valence-corrected chi connectivity index (χ4v) is 2.40. The van der Waals surface area contributed by atoms with Crippen molar-refractivity contribution in [3.8, 4) is 11.5 Å². The minimum atomic E-state index is -1.04. The molecule has 1 amide bonds. The van der Waals surface area contributed by atoms with Gasteiger partial charge in [0.05, 0.1) is 13.2 Å². The van der Waals surface area contributed by atoms with Gasteiger partial charge in [-0.05, 0) is 50.5 Å². The number of carboxylic acid groups (broad SMARTS) is 1. The van der Waals surface area contributed by atoms with Crippen molar-refractivity contribution in [2.45, 2.75) is 26.3 Å². The fourth-order valence-electron chi connectivity index (χ4n) is 1.93. The molecular formula is C16H23NO5S. The molecule has 0 saturated heterocycles. The van der Waals surface area contributed by atoms with E-state index in [0.29, 0.717) is 42.4 Å². The van der Waals surface area contributed by atoms with Crippen molar-refractivity contribution in [3.05, 3.63) is 23.8 Å². The number of rotatable bonds is 10. The third-order valence-corrected chi connectivity index (χ3v) is 3.66. The van der Waals surface area contributed by atoms with Gasteiger partial charge in [-0.15, -0.1) is 0 Å². The van der Waals surface area contributed by atoms with E-state index in [0.717, 1.165) is 0 Å². The molecule has 1 aromatic rings. The molecule has 1 atom stereocenters. The number of ether oxygens (including phenoxy) is 2. The predicted octanol–water partition coefficient (Wildman–Crippen LogP) is 2.42. The number of hydrogen-bond donors (Lipinski definition) is 2. The molecule has 0 aromatic heterocycles. The Labute approximate surface area is 140 Å². The van der Waals surface area contributed by atoms with Gasteiger partial charge in [0.15, 0.2) is 11.5 Å². The molecule has 7 heteroatoms. The number of carbonyl (C=O) groups is 2. The third-order valence-electron chi connectivity index (χ3n) is 3.02. The van der Waals surface area contributed by atoms with Crippen LogP contribution in [0, 0.1) is 0 Å². The second-order valence-corrected chi connectivity index (χ2v) is 5.66. The van der Waals surface area contributed by atoms with Crippen LogP contribution in [0.15, 0.2) is 18.2 Å². The van der Waals surface area contributed by atoms with Crippen LogP contribution in [0.4, 0.5) is 0 Å². The zero-order valence-corrected chi connectivity index (χ0v) is 14.4. The highest BCUT2D eigenvalue weighted by atomic mass is 32.2. The number of carbonyl (C=O) groups excluding carboxylic acids is 1. The number of thioether (sulfide) groups is 1. The molecule has 0 aliphatic carbocycles. The van der Waals surface area contributed by atoms with Crippen LogP contribution < -0.4 is 14.8 Å². The number of benzene rings is 1. The highest BCUT2D eigenvalue weighted by Gasteiger charge is 2.21. The van der Waals surface area contributed by atoms with Gasteiger partial charge < -0.3 is 19.9 Å². The van der Waals surface area contributed by atoms with E-state index < -0.39 is 17.9 Å². The quantitative estimate of drug-likeness (QED) is 0.680. The van der Waals surface area contributed by atoms with E-state index in [1.807, 2.05) is 20.1 Å². The van der Waals surface area contributed by atoms with E-state index in [1.54, 1.807) is 18.2 Å². The van der Waals surface area contributed by atoms with Crippen LogP contribution in [0.25, 0.3) is 0 Å². The molecular weight excluding hydrogens is 318 g/mol. The summed E-state index contributed by atoms with van der Waals surface area (Å²) in [7, 11) is 0. The Kier molecular flexibility index (Phi) is 8.32. The molecule has 0 saturated carbocycles. The van der Waals surface area contributed by atoms with Crippen molar-refractivity contribution in [2.75, 3.05) is 25.2 Å². The lowest BCUT2D eigenvalue weighted by molar-refractivity contribution is -0.139. The minimum Gasteiger partial charge on any atom is -0.490 e. The van der Waals surface area contributed by atoms with Crippen molar-refractivity contribution in [2.24, 2.45) is 0 Å². The van der Waals surface area contributed by atoms with Crippen LogP contribution in [-0.4, -0.2) is 48.2 Å². The van der Waals surface area contributed by atoms with Gasteiger partial charge in [-0.2, -0.15) is 11.8 Å². The third kappa shape index (κ3) is 6.02. The zero-order chi connectivity index (χ0) is 17.2. The molecule has 0 aliphatic rings. The van der Waals surface area contributed by atoms with Gasteiger partial charge in [-0.3, -0.25) is 4.79 Å². The number of hydrogen-bond acceptors (Lipinski definition) is 5. The van der Waals surface area contributed by atoms with Gasteiger partial charge in [0.2, 0.25) is 0 Å². The lowest BCUT2D eigenvalue weighted by atomic mass is 10.1. The summed E-state index contributed by atoms with van der Waals surface area (Å²) in [4.78, 5) is 23.5. The maximum absolute atomic E-state index is 12.3. The molecule has 0 heterocycles. The molecule has 1 rings (SSSR count). The van der Waals surface area contributed by atoms with Crippen molar-refractivity contribution in [3.63, 3.8) is 0 Å². The molecule has 0 aliphatic heterocycles. The molecule has 0 bridgehead atoms. The minimum absolute atomic E-state index is 0.340. The normalized spacial score (nSPS) is 11.6. The number of aliphatic carboxylic acids is 1. The van der Waals surface area contributed by atoms with Gasteiger partial charge in [-0.25, -0.2) is 4.79 Å². The SMILES string of the molecule is CCOc1ccc(C(=O)NC(CCSC)C(=O)O)cc1OCC. The molecule has 2 N–H and O–H groups in total. The standard InChI is InChI=1S/C16H23NO5S/c1-4-21-13-7-6-11(10-14(13)22-5-2)15(18)17-12(16(19)20)8-9-23-3/h6-7,10,12H,4-5,8-9H2,1-3H3,(H,17,18)(H,19,20). The molecule has 1 unspecified atom stereocenters. The van der Waals surface area contributed by atoms with Crippen LogP contribution in [0.1, 0.15) is 30.6 Å². The largest absolute Gasteiger partial charge is 0.490 e. The number of amides is 1. The van der Waals surface area contributed by atoms with Crippen molar-refractivity contribution < 1.29 is 24.2 Å².